The summed E-state index contributed by atoms with van der Waals surface area (Å²) >= 11 is 0. The van der Waals surface area contributed by atoms with Crippen LogP contribution in [0.3, 0.4) is 0 Å². The number of carbonyl (C=O) groups excluding carboxylic acids is 1. The molecule has 1 aliphatic carbocycles. The summed E-state index contributed by atoms with van der Waals surface area (Å²) in [6, 6.07) is 5.52. The fourth-order valence-corrected chi connectivity index (χ4v) is 2.89. The monoisotopic (exact) mass is 286 g/mol. The van der Waals surface area contributed by atoms with Crippen molar-refractivity contribution >= 4 is 5.91 Å². The maximum absolute atomic E-state index is 13.0. The molecule has 3 N–H and O–H groups in total. The minimum Gasteiger partial charge on any atom is -0.369 e. The van der Waals surface area contributed by atoms with Gasteiger partial charge in [0.1, 0.15) is 0 Å². The smallest absolute Gasteiger partial charge is 0.369 e. The highest BCUT2D eigenvalue weighted by molar-refractivity contribution is 5.75. The molecule has 1 aromatic carbocycles. The van der Waals surface area contributed by atoms with Crippen molar-refractivity contribution in [2.45, 2.75) is 37.4 Å². The number of nitrogens with two attached hydrogens (primary N) is 1. The fraction of sp³-hybridized carbons (Fsp3) is 0.500. The molecule has 20 heavy (non-hydrogen) atoms. The van der Waals surface area contributed by atoms with E-state index in [1.54, 1.807) is 6.07 Å². The lowest BCUT2D eigenvalue weighted by Gasteiger charge is -2.24. The molecule has 1 amide bonds. The van der Waals surface area contributed by atoms with E-state index in [0.29, 0.717) is 12.0 Å². The van der Waals surface area contributed by atoms with Crippen molar-refractivity contribution in [1.29, 1.82) is 0 Å². The Bertz CT molecular complexity index is 488. The third kappa shape index (κ3) is 3.30. The van der Waals surface area contributed by atoms with Gasteiger partial charge in [-0.1, -0.05) is 24.6 Å². The zero-order valence-electron chi connectivity index (χ0n) is 10.9. The zero-order valence-corrected chi connectivity index (χ0v) is 10.9. The Labute approximate surface area is 115 Å². The molecule has 0 aliphatic heterocycles. The Morgan fingerprint density at radius 3 is 2.65 bits per heavy atom. The van der Waals surface area contributed by atoms with E-state index in [0.717, 1.165) is 18.9 Å². The van der Waals surface area contributed by atoms with Crippen LogP contribution in [-0.2, 0) is 11.0 Å². The Morgan fingerprint density at radius 1 is 1.30 bits per heavy atom. The minimum atomic E-state index is -4.35. The lowest BCUT2D eigenvalue weighted by molar-refractivity contribution is -0.138. The fourth-order valence-electron chi connectivity index (χ4n) is 2.89. The lowest BCUT2D eigenvalue weighted by atomic mass is 9.90. The van der Waals surface area contributed by atoms with Gasteiger partial charge in [-0.25, -0.2) is 0 Å². The van der Waals surface area contributed by atoms with Gasteiger partial charge < -0.3 is 11.1 Å². The number of primary amides is 1. The van der Waals surface area contributed by atoms with E-state index < -0.39 is 17.6 Å². The van der Waals surface area contributed by atoms with Crippen molar-refractivity contribution in [3.8, 4) is 0 Å². The summed E-state index contributed by atoms with van der Waals surface area (Å²) in [7, 11) is 0. The van der Waals surface area contributed by atoms with Gasteiger partial charge in [0, 0.05) is 6.04 Å². The topological polar surface area (TPSA) is 55.1 Å². The molecule has 0 saturated heterocycles. The van der Waals surface area contributed by atoms with Crippen LogP contribution in [0.1, 0.15) is 36.3 Å². The van der Waals surface area contributed by atoms with Crippen LogP contribution < -0.4 is 11.1 Å². The second kappa shape index (κ2) is 5.83. The summed E-state index contributed by atoms with van der Waals surface area (Å²) in [6.07, 6.45) is -2.08. The molecule has 1 fully saturated rings. The van der Waals surface area contributed by atoms with Crippen LogP contribution in [0.4, 0.5) is 13.2 Å². The second-order valence-electron chi connectivity index (χ2n) is 5.08. The Kier molecular flexibility index (Phi) is 4.32. The number of benzene rings is 1. The van der Waals surface area contributed by atoms with Crippen molar-refractivity contribution in [3.63, 3.8) is 0 Å². The Morgan fingerprint density at radius 2 is 2.00 bits per heavy atom. The normalized spacial score (nSPS) is 22.9. The van der Waals surface area contributed by atoms with E-state index in [1.807, 2.05) is 0 Å². The zero-order chi connectivity index (χ0) is 14.8. The first-order chi connectivity index (χ1) is 9.39. The van der Waals surface area contributed by atoms with Crippen LogP contribution >= 0.6 is 0 Å². The van der Waals surface area contributed by atoms with Gasteiger partial charge in [-0.2, -0.15) is 13.2 Å². The second-order valence-corrected chi connectivity index (χ2v) is 5.08. The molecule has 0 bridgehead atoms. The van der Waals surface area contributed by atoms with E-state index in [1.165, 1.54) is 12.1 Å². The molecule has 2 rings (SSSR count). The number of hydrogen-bond donors (Lipinski definition) is 2. The predicted molar refractivity (Wildman–Crippen MR) is 69.0 cm³/mol. The Hall–Kier alpha value is -1.56. The van der Waals surface area contributed by atoms with Crippen LogP contribution in [0, 0.1) is 0 Å². The molecule has 0 aromatic heterocycles. The third-order valence-corrected chi connectivity index (χ3v) is 3.72. The predicted octanol–water partition coefficient (Wildman–Crippen LogP) is 2.42. The number of amides is 1. The van der Waals surface area contributed by atoms with Gasteiger partial charge in [0.2, 0.25) is 5.91 Å². The first-order valence-corrected chi connectivity index (χ1v) is 6.57. The van der Waals surface area contributed by atoms with Gasteiger partial charge >= 0.3 is 6.18 Å². The largest absolute Gasteiger partial charge is 0.416 e. The molecule has 0 spiro atoms. The highest BCUT2D eigenvalue weighted by atomic mass is 19.4. The number of rotatable bonds is 4. The molecule has 2 atom stereocenters. The Balaban J connectivity index is 2.24. The number of nitrogens with one attached hydrogen (secondary N) is 1. The molecule has 1 aliphatic rings. The molecule has 3 nitrogen and oxygen atoms in total. The van der Waals surface area contributed by atoms with Crippen molar-refractivity contribution < 1.29 is 18.0 Å². The van der Waals surface area contributed by atoms with Crippen molar-refractivity contribution in [3.05, 3.63) is 35.4 Å². The van der Waals surface area contributed by atoms with Crippen molar-refractivity contribution in [1.82, 2.24) is 5.32 Å². The first kappa shape index (κ1) is 14.8. The molecule has 110 valence electrons. The van der Waals surface area contributed by atoms with Gasteiger partial charge in [0.15, 0.2) is 0 Å². The molecule has 1 aromatic rings. The van der Waals surface area contributed by atoms with Gasteiger partial charge in [-0.15, -0.1) is 0 Å². The number of alkyl halides is 3. The average molecular weight is 286 g/mol. The van der Waals surface area contributed by atoms with Gasteiger partial charge in [0.25, 0.3) is 0 Å². The SMILES string of the molecule is NC(=O)CNC1CCCC1c1ccccc1C(F)(F)F. The number of halogens is 3. The summed E-state index contributed by atoms with van der Waals surface area (Å²) in [4.78, 5) is 10.8. The number of carbonyl (C=O) groups is 1. The van der Waals surface area contributed by atoms with Crippen LogP contribution in [0.25, 0.3) is 0 Å². The van der Waals surface area contributed by atoms with Gasteiger partial charge in [-0.05, 0) is 30.4 Å². The summed E-state index contributed by atoms with van der Waals surface area (Å²) in [6.45, 7) is -0.00461. The summed E-state index contributed by atoms with van der Waals surface area (Å²) in [5.41, 5.74) is 4.79. The van der Waals surface area contributed by atoms with Crippen LogP contribution in [0.2, 0.25) is 0 Å². The van der Waals surface area contributed by atoms with E-state index in [9.17, 15) is 18.0 Å². The molecule has 6 heteroatoms. The third-order valence-electron chi connectivity index (χ3n) is 3.72. The minimum absolute atomic E-state index is 0.00461. The van der Waals surface area contributed by atoms with E-state index in [-0.39, 0.29) is 18.5 Å². The van der Waals surface area contributed by atoms with Crippen molar-refractivity contribution in [2.75, 3.05) is 6.54 Å². The van der Waals surface area contributed by atoms with Crippen molar-refractivity contribution in [2.24, 2.45) is 5.73 Å². The standard InChI is InChI=1S/C14H17F3N2O/c15-14(16,17)11-6-2-1-4-9(11)10-5-3-7-12(10)19-8-13(18)20/h1-2,4,6,10,12,19H,3,5,7-8H2,(H2,18,20). The maximum Gasteiger partial charge on any atom is 0.416 e. The van der Waals surface area contributed by atoms with E-state index >= 15 is 0 Å². The average Bonchev–Trinajstić information content (AvgIpc) is 2.83. The van der Waals surface area contributed by atoms with E-state index in [2.05, 4.69) is 5.32 Å². The van der Waals surface area contributed by atoms with Gasteiger partial charge in [0.05, 0.1) is 12.1 Å². The van der Waals surface area contributed by atoms with Crippen LogP contribution in [-0.4, -0.2) is 18.5 Å². The highest BCUT2D eigenvalue weighted by Gasteiger charge is 2.38. The summed E-state index contributed by atoms with van der Waals surface area (Å²) < 4.78 is 39.1. The molecule has 2 unspecified atom stereocenters. The molecule has 0 radical (unpaired) electrons. The quantitative estimate of drug-likeness (QED) is 0.893. The highest BCUT2D eigenvalue weighted by Crippen LogP contribution is 2.41. The summed E-state index contributed by atoms with van der Waals surface area (Å²) in [5, 5.41) is 2.97. The van der Waals surface area contributed by atoms with Crippen LogP contribution in [0.15, 0.2) is 24.3 Å². The molecule has 0 heterocycles. The van der Waals surface area contributed by atoms with Gasteiger partial charge in [-0.3, -0.25) is 4.79 Å². The van der Waals surface area contributed by atoms with E-state index in [4.69, 9.17) is 5.73 Å². The maximum atomic E-state index is 13.0. The molecular formula is C14H17F3N2O. The molecule has 1 saturated carbocycles. The first-order valence-electron chi connectivity index (χ1n) is 6.57. The number of hydrogen-bond acceptors (Lipinski definition) is 2. The molecular weight excluding hydrogens is 269 g/mol. The van der Waals surface area contributed by atoms with Crippen LogP contribution in [0.5, 0.6) is 0 Å². The summed E-state index contributed by atoms with van der Waals surface area (Å²) in [5.74, 6) is -0.730. The lowest BCUT2D eigenvalue weighted by Crippen LogP contribution is -2.38.